The number of allylic oxidation sites excluding steroid dienone is 2. The topological polar surface area (TPSA) is 56.3 Å². The zero-order valence-corrected chi connectivity index (χ0v) is 13.3. The second kappa shape index (κ2) is 5.52. The van der Waals surface area contributed by atoms with Crippen LogP contribution >= 0.6 is 0 Å². The van der Waals surface area contributed by atoms with Crippen LogP contribution in [0.3, 0.4) is 0 Å². The number of nitrogens with one attached hydrogen (secondary N) is 2. The van der Waals surface area contributed by atoms with E-state index in [1.54, 1.807) is 17.3 Å². The molecule has 2 aliphatic heterocycles. The molecule has 0 aliphatic carbocycles. The van der Waals surface area contributed by atoms with Crippen molar-refractivity contribution in [2.45, 2.75) is 32.9 Å². The van der Waals surface area contributed by atoms with E-state index < -0.39 is 6.43 Å². The van der Waals surface area contributed by atoms with Crippen molar-refractivity contribution in [1.82, 2.24) is 20.6 Å². The van der Waals surface area contributed by atoms with E-state index in [2.05, 4.69) is 20.6 Å². The number of rotatable bonds is 3. The van der Waals surface area contributed by atoms with E-state index in [0.717, 1.165) is 28.5 Å². The van der Waals surface area contributed by atoms with Gasteiger partial charge in [0.2, 0.25) is 0 Å². The third kappa shape index (κ3) is 2.24. The molecule has 2 aliphatic rings. The number of benzene rings is 1. The number of aryl methyl sites for hydroxylation is 1. The predicted molar refractivity (Wildman–Crippen MR) is 89.4 cm³/mol. The standard InChI is InChI=1S/C17H17F2N5/c1-3-13-21-14-5-4-12(17(18)19)16(24(14)23-13)10-6-9(2)15-11(7-10)8-20-22-15/h4-8,13,17,23H,3H2,1-2H3,(H,20,22). The number of aromatic nitrogens is 2. The Bertz CT molecular complexity index is 894. The van der Waals surface area contributed by atoms with Gasteiger partial charge >= 0.3 is 0 Å². The molecule has 0 saturated heterocycles. The molecule has 0 radical (unpaired) electrons. The van der Waals surface area contributed by atoms with Crippen molar-refractivity contribution in [3.8, 4) is 0 Å². The second-order valence-corrected chi connectivity index (χ2v) is 5.94. The lowest BCUT2D eigenvalue weighted by atomic mass is 9.99. The zero-order chi connectivity index (χ0) is 16.8. The number of aliphatic imine (C=N–C) groups is 1. The van der Waals surface area contributed by atoms with Crippen molar-refractivity contribution in [3.05, 3.63) is 47.2 Å². The summed E-state index contributed by atoms with van der Waals surface area (Å²) in [6.07, 6.45) is 2.91. The number of halogens is 2. The first-order chi connectivity index (χ1) is 11.6. The first kappa shape index (κ1) is 15.0. The van der Waals surface area contributed by atoms with E-state index >= 15 is 0 Å². The number of hydrogen-bond donors (Lipinski definition) is 2. The number of hydrazine groups is 1. The van der Waals surface area contributed by atoms with E-state index in [1.165, 1.54) is 6.08 Å². The molecule has 0 spiro atoms. The van der Waals surface area contributed by atoms with Crippen molar-refractivity contribution in [2.24, 2.45) is 4.99 Å². The number of H-pyrrole nitrogens is 1. The largest absolute Gasteiger partial charge is 0.278 e. The van der Waals surface area contributed by atoms with Gasteiger partial charge in [-0.1, -0.05) is 6.92 Å². The van der Waals surface area contributed by atoms with Crippen molar-refractivity contribution < 1.29 is 8.78 Å². The molecule has 2 aromatic rings. The zero-order valence-electron chi connectivity index (χ0n) is 13.3. The Morgan fingerprint density at radius 1 is 1.29 bits per heavy atom. The lowest BCUT2D eigenvalue weighted by molar-refractivity contribution is 0.192. The van der Waals surface area contributed by atoms with Gasteiger partial charge in [-0.15, -0.1) is 0 Å². The normalized spacial score (nSPS) is 20.3. The quantitative estimate of drug-likeness (QED) is 0.908. The minimum absolute atomic E-state index is 0.0135. The molecule has 124 valence electrons. The maximum absolute atomic E-state index is 13.6. The van der Waals surface area contributed by atoms with Crippen LogP contribution in [0.2, 0.25) is 0 Å². The van der Waals surface area contributed by atoms with Gasteiger partial charge in [0, 0.05) is 16.5 Å². The Kier molecular flexibility index (Phi) is 3.45. The maximum Gasteiger partial charge on any atom is 0.265 e. The Morgan fingerprint density at radius 3 is 2.88 bits per heavy atom. The van der Waals surface area contributed by atoms with Gasteiger partial charge in [0.1, 0.15) is 12.0 Å². The molecule has 0 amide bonds. The van der Waals surface area contributed by atoms with Gasteiger partial charge in [-0.2, -0.15) is 5.10 Å². The van der Waals surface area contributed by atoms with Gasteiger partial charge in [0.15, 0.2) is 0 Å². The highest BCUT2D eigenvalue weighted by Gasteiger charge is 2.32. The van der Waals surface area contributed by atoms with Crippen molar-refractivity contribution >= 4 is 22.4 Å². The van der Waals surface area contributed by atoms with Crippen LogP contribution in [0.5, 0.6) is 0 Å². The molecule has 2 N–H and O–H groups in total. The van der Waals surface area contributed by atoms with Crippen LogP contribution in [0.1, 0.15) is 24.5 Å². The first-order valence-electron chi connectivity index (χ1n) is 7.87. The van der Waals surface area contributed by atoms with E-state index in [-0.39, 0.29) is 11.7 Å². The summed E-state index contributed by atoms with van der Waals surface area (Å²) in [6, 6.07) is 3.78. The maximum atomic E-state index is 13.6. The Labute approximate surface area is 137 Å². The van der Waals surface area contributed by atoms with Gasteiger partial charge in [-0.25, -0.2) is 19.2 Å². The highest BCUT2D eigenvalue weighted by Crippen LogP contribution is 2.34. The fraction of sp³-hybridized carbons (Fsp3) is 0.294. The second-order valence-electron chi connectivity index (χ2n) is 5.94. The Balaban J connectivity index is 1.90. The van der Waals surface area contributed by atoms with Crippen molar-refractivity contribution in [1.29, 1.82) is 0 Å². The van der Waals surface area contributed by atoms with Crippen LogP contribution in [0, 0.1) is 6.92 Å². The Hall–Kier alpha value is -2.54. The van der Waals surface area contributed by atoms with Gasteiger partial charge < -0.3 is 0 Å². The number of nitrogens with zero attached hydrogens (tertiary/aromatic N) is 3. The lowest BCUT2D eigenvalue weighted by Gasteiger charge is -2.28. The first-order valence-corrected chi connectivity index (χ1v) is 7.87. The molecule has 4 rings (SSSR count). The molecule has 1 aromatic carbocycles. The van der Waals surface area contributed by atoms with Gasteiger partial charge in [-0.05, 0) is 43.2 Å². The van der Waals surface area contributed by atoms with Crippen LogP contribution in [-0.2, 0) is 0 Å². The predicted octanol–water partition coefficient (Wildman–Crippen LogP) is 3.37. The molecule has 0 bridgehead atoms. The molecule has 24 heavy (non-hydrogen) atoms. The molecule has 0 fully saturated rings. The summed E-state index contributed by atoms with van der Waals surface area (Å²) in [5, 5.41) is 9.54. The number of aromatic amines is 1. The molecule has 0 saturated carbocycles. The number of fused-ring (bicyclic) bond motifs is 2. The third-order valence-electron chi connectivity index (χ3n) is 4.35. The molecule has 7 heteroatoms. The smallest absolute Gasteiger partial charge is 0.265 e. The SMILES string of the molecule is CCC1N=C2C=CC(C(F)F)=C(c3cc(C)c4[nH]ncc4c3)N2N1. The molecule has 1 unspecified atom stereocenters. The van der Waals surface area contributed by atoms with Gasteiger partial charge in [0.05, 0.1) is 17.4 Å². The molecule has 1 atom stereocenters. The Morgan fingerprint density at radius 2 is 2.12 bits per heavy atom. The van der Waals surface area contributed by atoms with E-state index in [4.69, 9.17) is 0 Å². The summed E-state index contributed by atoms with van der Waals surface area (Å²) in [5.41, 5.74) is 6.23. The average Bonchev–Trinajstić information content (AvgIpc) is 3.19. The van der Waals surface area contributed by atoms with Gasteiger partial charge in [0.25, 0.3) is 6.43 Å². The summed E-state index contributed by atoms with van der Waals surface area (Å²) in [5.74, 6) is 0.659. The van der Waals surface area contributed by atoms with Crippen LogP contribution < -0.4 is 5.43 Å². The monoisotopic (exact) mass is 329 g/mol. The van der Waals surface area contributed by atoms with Crippen LogP contribution in [0.25, 0.3) is 16.6 Å². The number of hydrogen-bond acceptors (Lipinski definition) is 4. The van der Waals surface area contributed by atoms with Crippen LogP contribution in [-0.4, -0.2) is 33.6 Å². The summed E-state index contributed by atoms with van der Waals surface area (Å²) < 4.78 is 27.2. The molecule has 1 aromatic heterocycles. The summed E-state index contributed by atoms with van der Waals surface area (Å²) in [4.78, 5) is 4.52. The molecular formula is C17H17F2N5. The molecular weight excluding hydrogens is 312 g/mol. The highest BCUT2D eigenvalue weighted by molar-refractivity contribution is 6.03. The molecule has 5 nitrogen and oxygen atoms in total. The number of alkyl halides is 2. The van der Waals surface area contributed by atoms with E-state index in [1.807, 2.05) is 26.0 Å². The fourth-order valence-electron chi connectivity index (χ4n) is 3.16. The van der Waals surface area contributed by atoms with Crippen molar-refractivity contribution in [3.63, 3.8) is 0 Å². The van der Waals surface area contributed by atoms with E-state index in [0.29, 0.717) is 11.5 Å². The minimum atomic E-state index is -2.57. The lowest BCUT2D eigenvalue weighted by Crippen LogP contribution is -2.40. The minimum Gasteiger partial charge on any atom is -0.278 e. The molecule has 3 heterocycles. The van der Waals surface area contributed by atoms with Crippen LogP contribution in [0.4, 0.5) is 8.78 Å². The van der Waals surface area contributed by atoms with Gasteiger partial charge in [-0.3, -0.25) is 10.1 Å². The van der Waals surface area contributed by atoms with Crippen molar-refractivity contribution in [2.75, 3.05) is 0 Å². The summed E-state index contributed by atoms with van der Waals surface area (Å²) in [7, 11) is 0. The summed E-state index contributed by atoms with van der Waals surface area (Å²) in [6.45, 7) is 3.94. The van der Waals surface area contributed by atoms with Crippen LogP contribution in [0.15, 0.2) is 41.0 Å². The number of amidine groups is 1. The summed E-state index contributed by atoms with van der Waals surface area (Å²) >= 11 is 0. The van der Waals surface area contributed by atoms with E-state index in [9.17, 15) is 8.78 Å². The third-order valence-corrected chi connectivity index (χ3v) is 4.35. The average molecular weight is 329 g/mol. The highest BCUT2D eigenvalue weighted by atomic mass is 19.3. The fourth-order valence-corrected chi connectivity index (χ4v) is 3.16.